The maximum atomic E-state index is 11.5. The van der Waals surface area contributed by atoms with Crippen molar-refractivity contribution in [3.8, 4) is 0 Å². The second kappa shape index (κ2) is 4.97. The topological polar surface area (TPSA) is 89.9 Å². The van der Waals surface area contributed by atoms with Gasteiger partial charge in [-0.15, -0.1) is 0 Å². The van der Waals surface area contributed by atoms with E-state index in [1.54, 1.807) is 7.05 Å². The zero-order chi connectivity index (χ0) is 11.4. The van der Waals surface area contributed by atoms with Gasteiger partial charge in [-0.3, -0.25) is 0 Å². The molecule has 3 N–H and O–H groups in total. The van der Waals surface area contributed by atoms with Crippen LogP contribution in [0.25, 0.3) is 0 Å². The van der Waals surface area contributed by atoms with E-state index in [2.05, 4.69) is 5.32 Å². The molecular formula is C9H16N2O4. The molecule has 0 radical (unpaired) electrons. The Morgan fingerprint density at radius 2 is 2.13 bits per heavy atom. The zero-order valence-electron chi connectivity index (χ0n) is 8.64. The van der Waals surface area contributed by atoms with Crippen molar-refractivity contribution in [2.24, 2.45) is 0 Å². The van der Waals surface area contributed by atoms with Crippen molar-refractivity contribution in [2.45, 2.75) is 31.3 Å². The quantitative estimate of drug-likeness (QED) is 0.584. The number of carbonyl (C=O) groups excluding carboxylic acids is 1. The van der Waals surface area contributed by atoms with Crippen LogP contribution in [0.1, 0.15) is 19.3 Å². The van der Waals surface area contributed by atoms with E-state index in [9.17, 15) is 9.59 Å². The minimum absolute atomic E-state index is 0.0274. The lowest BCUT2D eigenvalue weighted by Gasteiger charge is -2.20. The highest BCUT2D eigenvalue weighted by molar-refractivity contribution is 5.82. The third-order valence-corrected chi connectivity index (χ3v) is 2.43. The summed E-state index contributed by atoms with van der Waals surface area (Å²) in [4.78, 5) is 23.7. The smallest absolute Gasteiger partial charge is 0.326 e. The molecule has 0 aliphatic heterocycles. The van der Waals surface area contributed by atoms with Crippen molar-refractivity contribution in [3.05, 3.63) is 0 Å². The number of amides is 2. The van der Waals surface area contributed by atoms with Gasteiger partial charge in [0.1, 0.15) is 6.04 Å². The Morgan fingerprint density at radius 3 is 2.53 bits per heavy atom. The summed E-state index contributed by atoms with van der Waals surface area (Å²) in [6, 6.07) is -1.16. The molecule has 1 fully saturated rings. The lowest BCUT2D eigenvalue weighted by molar-refractivity contribution is -0.139. The van der Waals surface area contributed by atoms with Crippen molar-refractivity contribution in [3.63, 3.8) is 0 Å². The zero-order valence-corrected chi connectivity index (χ0v) is 8.64. The summed E-state index contributed by atoms with van der Waals surface area (Å²) in [6.45, 7) is -0.260. The molecule has 1 rings (SSSR count). The van der Waals surface area contributed by atoms with Gasteiger partial charge in [-0.05, 0) is 12.8 Å². The molecule has 0 heterocycles. The number of nitrogens with zero attached hydrogens (tertiary/aromatic N) is 1. The van der Waals surface area contributed by atoms with Gasteiger partial charge in [0.25, 0.3) is 0 Å². The van der Waals surface area contributed by atoms with Crippen molar-refractivity contribution in [1.82, 2.24) is 10.2 Å². The molecule has 1 atom stereocenters. The number of carboxylic acids is 1. The Bertz CT molecular complexity index is 252. The van der Waals surface area contributed by atoms with Crippen molar-refractivity contribution >= 4 is 12.0 Å². The number of hydrogen-bond acceptors (Lipinski definition) is 3. The molecule has 1 aliphatic rings. The first-order valence-corrected chi connectivity index (χ1v) is 4.93. The van der Waals surface area contributed by atoms with E-state index in [1.807, 2.05) is 0 Å². The van der Waals surface area contributed by atoms with Gasteiger partial charge in [-0.25, -0.2) is 9.59 Å². The lowest BCUT2D eigenvalue weighted by Crippen LogP contribution is -2.47. The molecule has 2 amide bonds. The minimum atomic E-state index is -1.12. The molecular weight excluding hydrogens is 200 g/mol. The Kier molecular flexibility index (Phi) is 3.90. The van der Waals surface area contributed by atoms with E-state index in [4.69, 9.17) is 10.2 Å². The second-order valence-electron chi connectivity index (χ2n) is 3.69. The highest BCUT2D eigenvalue weighted by atomic mass is 16.4. The van der Waals surface area contributed by atoms with Crippen LogP contribution in [0.4, 0.5) is 4.79 Å². The normalized spacial score (nSPS) is 16.9. The fourth-order valence-corrected chi connectivity index (χ4v) is 1.27. The Balaban J connectivity index is 2.42. The fourth-order valence-electron chi connectivity index (χ4n) is 1.27. The van der Waals surface area contributed by atoms with E-state index >= 15 is 0 Å². The van der Waals surface area contributed by atoms with Crippen LogP contribution in [0.3, 0.4) is 0 Å². The van der Waals surface area contributed by atoms with Crippen LogP contribution in [0.5, 0.6) is 0 Å². The molecule has 0 aromatic rings. The predicted octanol–water partition coefficient (Wildman–Crippen LogP) is -0.374. The maximum absolute atomic E-state index is 11.5. The summed E-state index contributed by atoms with van der Waals surface area (Å²) in [6.07, 6.45) is 1.98. The summed E-state index contributed by atoms with van der Waals surface area (Å²) < 4.78 is 0. The number of aliphatic hydroxyl groups is 1. The molecule has 6 heteroatoms. The molecule has 0 bridgehead atoms. The minimum Gasteiger partial charge on any atom is -0.480 e. The van der Waals surface area contributed by atoms with Gasteiger partial charge in [0, 0.05) is 26.1 Å². The number of urea groups is 1. The predicted molar refractivity (Wildman–Crippen MR) is 52.4 cm³/mol. The Morgan fingerprint density at radius 1 is 1.53 bits per heavy atom. The van der Waals surface area contributed by atoms with Crippen LogP contribution >= 0.6 is 0 Å². The van der Waals surface area contributed by atoms with E-state index < -0.39 is 18.0 Å². The number of aliphatic hydroxyl groups excluding tert-OH is 1. The molecule has 1 aliphatic carbocycles. The first kappa shape index (κ1) is 11.8. The van der Waals surface area contributed by atoms with Crippen LogP contribution in [0, 0.1) is 0 Å². The summed E-state index contributed by atoms with van der Waals surface area (Å²) in [5.41, 5.74) is 0. The van der Waals surface area contributed by atoms with Gasteiger partial charge in [-0.1, -0.05) is 0 Å². The third-order valence-electron chi connectivity index (χ3n) is 2.43. The van der Waals surface area contributed by atoms with Crippen LogP contribution < -0.4 is 5.32 Å². The first-order valence-electron chi connectivity index (χ1n) is 4.93. The van der Waals surface area contributed by atoms with Gasteiger partial charge in [0.2, 0.25) is 0 Å². The summed E-state index contributed by atoms with van der Waals surface area (Å²) >= 11 is 0. The van der Waals surface area contributed by atoms with E-state index in [0.29, 0.717) is 0 Å². The number of hydrogen-bond donors (Lipinski definition) is 3. The molecule has 1 saturated carbocycles. The van der Waals surface area contributed by atoms with Crippen molar-refractivity contribution < 1.29 is 19.8 Å². The first-order chi connectivity index (χ1) is 7.06. The van der Waals surface area contributed by atoms with Gasteiger partial charge in [-0.2, -0.15) is 0 Å². The molecule has 0 spiro atoms. The molecule has 6 nitrogen and oxygen atoms in total. The van der Waals surface area contributed by atoms with Gasteiger partial charge >= 0.3 is 12.0 Å². The van der Waals surface area contributed by atoms with Gasteiger partial charge < -0.3 is 20.4 Å². The van der Waals surface area contributed by atoms with E-state index in [0.717, 1.165) is 12.8 Å². The molecule has 86 valence electrons. The number of rotatable bonds is 5. The number of carbonyl (C=O) groups is 2. The average Bonchev–Trinajstić information content (AvgIpc) is 2.98. The molecule has 0 aromatic heterocycles. The molecule has 15 heavy (non-hydrogen) atoms. The Hall–Kier alpha value is -1.30. The highest BCUT2D eigenvalue weighted by Gasteiger charge is 2.31. The van der Waals surface area contributed by atoms with Crippen LogP contribution in [-0.4, -0.2) is 52.9 Å². The van der Waals surface area contributed by atoms with Crippen molar-refractivity contribution in [1.29, 1.82) is 0 Å². The summed E-state index contributed by atoms with van der Waals surface area (Å²) in [5, 5.41) is 19.7. The van der Waals surface area contributed by atoms with Crippen LogP contribution in [0.15, 0.2) is 0 Å². The number of nitrogens with one attached hydrogen (secondary N) is 1. The summed E-state index contributed by atoms with van der Waals surface area (Å²) in [7, 11) is 1.64. The van der Waals surface area contributed by atoms with Crippen LogP contribution in [-0.2, 0) is 4.79 Å². The van der Waals surface area contributed by atoms with Crippen LogP contribution in [0.2, 0.25) is 0 Å². The fraction of sp³-hybridized carbons (Fsp3) is 0.778. The summed E-state index contributed by atoms with van der Waals surface area (Å²) in [5.74, 6) is -1.12. The average molecular weight is 216 g/mol. The molecule has 0 aromatic carbocycles. The monoisotopic (exact) mass is 216 g/mol. The second-order valence-corrected chi connectivity index (χ2v) is 3.69. The highest BCUT2D eigenvalue weighted by Crippen LogP contribution is 2.25. The van der Waals surface area contributed by atoms with Crippen molar-refractivity contribution in [2.75, 3.05) is 13.7 Å². The maximum Gasteiger partial charge on any atom is 0.326 e. The Labute approximate surface area is 87.9 Å². The third kappa shape index (κ3) is 3.39. The van der Waals surface area contributed by atoms with E-state index in [1.165, 1.54) is 4.90 Å². The largest absolute Gasteiger partial charge is 0.480 e. The van der Waals surface area contributed by atoms with Gasteiger partial charge in [0.15, 0.2) is 0 Å². The molecule has 0 unspecified atom stereocenters. The van der Waals surface area contributed by atoms with Gasteiger partial charge in [0.05, 0.1) is 0 Å². The SMILES string of the molecule is CN(C(=O)N[C@H](CCO)C(=O)O)C1CC1. The molecule has 0 saturated heterocycles. The standard InChI is InChI=1S/C9H16N2O4/c1-11(6-2-3-6)9(15)10-7(4-5-12)8(13)14/h6-7,12H,2-5H2,1H3,(H,10,15)(H,13,14)/t7-/m1/s1. The lowest BCUT2D eigenvalue weighted by atomic mass is 10.2. The van der Waals surface area contributed by atoms with E-state index in [-0.39, 0.29) is 19.1 Å². The number of carboxylic acid groups (broad SMARTS) is 1. The number of aliphatic carboxylic acids is 1.